The van der Waals surface area contributed by atoms with Gasteiger partial charge in [0.25, 0.3) is 5.91 Å². The van der Waals surface area contributed by atoms with Crippen molar-refractivity contribution in [1.29, 1.82) is 0 Å². The standard InChI is InChI=1S/C18H26BNO3/c1-12-11-13(19-22-17(2,3)18(4,5)23-19)9-10-15(12)16(21)20-14-7-6-8-14/h9-11,14H,6-8H2,1-5H3,(H,20,21). The van der Waals surface area contributed by atoms with Crippen LogP contribution in [0.15, 0.2) is 18.2 Å². The first kappa shape index (κ1) is 16.5. The third kappa shape index (κ3) is 3.04. The van der Waals surface area contributed by atoms with E-state index in [4.69, 9.17) is 9.31 Å². The van der Waals surface area contributed by atoms with Gasteiger partial charge < -0.3 is 14.6 Å². The molecule has 1 amide bonds. The molecular formula is C18H26BNO3. The van der Waals surface area contributed by atoms with Gasteiger partial charge in [-0.05, 0) is 71.0 Å². The fourth-order valence-corrected chi connectivity index (χ4v) is 2.88. The van der Waals surface area contributed by atoms with E-state index in [0.29, 0.717) is 6.04 Å². The van der Waals surface area contributed by atoms with E-state index in [9.17, 15) is 4.79 Å². The van der Waals surface area contributed by atoms with Gasteiger partial charge in [-0.2, -0.15) is 0 Å². The van der Waals surface area contributed by atoms with E-state index in [-0.39, 0.29) is 24.2 Å². The van der Waals surface area contributed by atoms with Gasteiger partial charge >= 0.3 is 7.12 Å². The highest BCUT2D eigenvalue weighted by atomic mass is 16.7. The summed E-state index contributed by atoms with van der Waals surface area (Å²) in [6.07, 6.45) is 3.40. The topological polar surface area (TPSA) is 47.6 Å². The fourth-order valence-electron chi connectivity index (χ4n) is 2.88. The number of carbonyl (C=O) groups is 1. The lowest BCUT2D eigenvalue weighted by Gasteiger charge is -2.32. The van der Waals surface area contributed by atoms with Gasteiger partial charge in [-0.3, -0.25) is 4.79 Å². The molecule has 4 nitrogen and oxygen atoms in total. The van der Waals surface area contributed by atoms with Crippen molar-refractivity contribution >= 4 is 18.5 Å². The molecule has 2 fully saturated rings. The van der Waals surface area contributed by atoms with Crippen LogP contribution in [-0.2, 0) is 9.31 Å². The molecule has 0 atom stereocenters. The summed E-state index contributed by atoms with van der Waals surface area (Å²) >= 11 is 0. The molecule has 0 bridgehead atoms. The van der Waals surface area contributed by atoms with Crippen molar-refractivity contribution in [2.45, 2.75) is 71.1 Å². The molecular weight excluding hydrogens is 289 g/mol. The summed E-state index contributed by atoms with van der Waals surface area (Å²) in [5, 5.41) is 3.09. The van der Waals surface area contributed by atoms with E-state index in [1.165, 1.54) is 6.42 Å². The van der Waals surface area contributed by atoms with Crippen LogP contribution in [0.1, 0.15) is 62.9 Å². The van der Waals surface area contributed by atoms with Crippen LogP contribution in [0.5, 0.6) is 0 Å². The summed E-state index contributed by atoms with van der Waals surface area (Å²) in [5.74, 6) is 0.0210. The van der Waals surface area contributed by atoms with Crippen LogP contribution >= 0.6 is 0 Å². The van der Waals surface area contributed by atoms with Crippen LogP contribution in [0.25, 0.3) is 0 Å². The summed E-state index contributed by atoms with van der Waals surface area (Å²) in [7, 11) is -0.387. The molecule has 1 saturated carbocycles. The van der Waals surface area contributed by atoms with Crippen LogP contribution in [-0.4, -0.2) is 30.3 Å². The maximum Gasteiger partial charge on any atom is 0.494 e. The first-order valence-electron chi connectivity index (χ1n) is 8.47. The molecule has 0 aromatic heterocycles. The first-order valence-corrected chi connectivity index (χ1v) is 8.47. The molecule has 0 unspecified atom stereocenters. The zero-order valence-corrected chi connectivity index (χ0v) is 14.7. The third-order valence-electron chi connectivity index (χ3n) is 5.46. The molecule has 0 radical (unpaired) electrons. The van der Waals surface area contributed by atoms with E-state index >= 15 is 0 Å². The van der Waals surface area contributed by atoms with Crippen molar-refractivity contribution in [3.8, 4) is 0 Å². The number of hydrogen-bond acceptors (Lipinski definition) is 3. The van der Waals surface area contributed by atoms with Crippen LogP contribution in [0, 0.1) is 6.92 Å². The Bertz CT molecular complexity index is 607. The van der Waals surface area contributed by atoms with Gasteiger partial charge in [0.05, 0.1) is 11.2 Å². The molecule has 124 valence electrons. The highest BCUT2D eigenvalue weighted by molar-refractivity contribution is 6.62. The molecule has 23 heavy (non-hydrogen) atoms. The van der Waals surface area contributed by atoms with Gasteiger partial charge in [-0.1, -0.05) is 12.1 Å². The number of hydrogen-bond donors (Lipinski definition) is 1. The Kier molecular flexibility index (Phi) is 4.05. The van der Waals surface area contributed by atoms with Gasteiger partial charge in [-0.15, -0.1) is 0 Å². The lowest BCUT2D eigenvalue weighted by molar-refractivity contribution is 0.00578. The summed E-state index contributed by atoms with van der Waals surface area (Å²) in [6.45, 7) is 10.1. The maximum absolute atomic E-state index is 12.3. The third-order valence-corrected chi connectivity index (χ3v) is 5.46. The minimum Gasteiger partial charge on any atom is -0.399 e. The van der Waals surface area contributed by atoms with Crippen LogP contribution < -0.4 is 10.8 Å². The molecule has 1 aromatic carbocycles. The molecule has 5 heteroatoms. The summed E-state index contributed by atoms with van der Waals surface area (Å²) in [4.78, 5) is 12.3. The average Bonchev–Trinajstić information content (AvgIpc) is 2.62. The van der Waals surface area contributed by atoms with Crippen molar-refractivity contribution in [3.05, 3.63) is 29.3 Å². The Morgan fingerprint density at radius 3 is 2.26 bits per heavy atom. The van der Waals surface area contributed by atoms with Crippen molar-refractivity contribution in [2.75, 3.05) is 0 Å². The smallest absolute Gasteiger partial charge is 0.399 e. The Morgan fingerprint density at radius 2 is 1.78 bits per heavy atom. The lowest BCUT2D eigenvalue weighted by Crippen LogP contribution is -2.41. The molecule has 1 N–H and O–H groups in total. The van der Waals surface area contributed by atoms with Crippen molar-refractivity contribution < 1.29 is 14.1 Å². The van der Waals surface area contributed by atoms with Crippen molar-refractivity contribution in [1.82, 2.24) is 5.32 Å². The van der Waals surface area contributed by atoms with E-state index in [0.717, 1.165) is 29.4 Å². The number of rotatable bonds is 3. The summed E-state index contributed by atoms with van der Waals surface area (Å²) in [6, 6.07) is 6.16. The van der Waals surface area contributed by atoms with E-state index in [2.05, 4.69) is 5.32 Å². The number of amides is 1. The summed E-state index contributed by atoms with van der Waals surface area (Å²) in [5.41, 5.74) is 1.94. The van der Waals surface area contributed by atoms with Crippen LogP contribution in [0.2, 0.25) is 0 Å². The Morgan fingerprint density at radius 1 is 1.17 bits per heavy atom. The van der Waals surface area contributed by atoms with Gasteiger partial charge in [-0.25, -0.2) is 0 Å². The summed E-state index contributed by atoms with van der Waals surface area (Å²) < 4.78 is 12.1. The van der Waals surface area contributed by atoms with E-state index in [1.807, 2.05) is 52.8 Å². The SMILES string of the molecule is Cc1cc(B2OC(C)(C)C(C)(C)O2)ccc1C(=O)NC1CCC1. The minimum absolute atomic E-state index is 0.0210. The van der Waals surface area contributed by atoms with E-state index < -0.39 is 0 Å². The highest BCUT2D eigenvalue weighted by Crippen LogP contribution is 2.36. The first-order chi connectivity index (χ1) is 10.7. The second-order valence-corrected chi connectivity index (χ2v) is 7.76. The van der Waals surface area contributed by atoms with Crippen molar-refractivity contribution in [3.63, 3.8) is 0 Å². The van der Waals surface area contributed by atoms with Gasteiger partial charge in [0.2, 0.25) is 0 Å². The predicted octanol–water partition coefficient (Wildman–Crippen LogP) is 2.58. The second-order valence-electron chi connectivity index (χ2n) is 7.76. The van der Waals surface area contributed by atoms with Gasteiger partial charge in [0.1, 0.15) is 0 Å². The average molecular weight is 315 g/mol. The van der Waals surface area contributed by atoms with Crippen LogP contribution in [0.3, 0.4) is 0 Å². The predicted molar refractivity (Wildman–Crippen MR) is 92.0 cm³/mol. The number of benzene rings is 1. The Hall–Kier alpha value is -1.33. The Balaban J connectivity index is 1.76. The molecule has 2 aliphatic rings. The normalized spacial score (nSPS) is 22.7. The van der Waals surface area contributed by atoms with Crippen LogP contribution in [0.4, 0.5) is 0 Å². The molecule has 1 heterocycles. The maximum atomic E-state index is 12.3. The van der Waals surface area contributed by atoms with E-state index in [1.54, 1.807) is 0 Å². The Labute approximate surface area is 139 Å². The second kappa shape index (κ2) is 5.64. The highest BCUT2D eigenvalue weighted by Gasteiger charge is 2.51. The monoisotopic (exact) mass is 315 g/mol. The zero-order valence-electron chi connectivity index (χ0n) is 14.7. The molecule has 1 aliphatic carbocycles. The molecule has 0 spiro atoms. The molecule has 3 rings (SSSR count). The quantitative estimate of drug-likeness (QED) is 0.872. The van der Waals surface area contributed by atoms with Gasteiger partial charge in [0, 0.05) is 11.6 Å². The number of nitrogens with one attached hydrogen (secondary N) is 1. The largest absolute Gasteiger partial charge is 0.494 e. The van der Waals surface area contributed by atoms with Crippen molar-refractivity contribution in [2.24, 2.45) is 0 Å². The minimum atomic E-state index is -0.387. The fraction of sp³-hybridized carbons (Fsp3) is 0.611. The molecule has 1 saturated heterocycles. The number of aryl methyl sites for hydroxylation is 1. The zero-order chi connectivity index (χ0) is 16.8. The molecule has 1 aromatic rings. The van der Waals surface area contributed by atoms with Gasteiger partial charge in [0.15, 0.2) is 0 Å². The lowest BCUT2D eigenvalue weighted by atomic mass is 9.77. The number of carbonyl (C=O) groups excluding carboxylic acids is 1. The molecule has 1 aliphatic heterocycles.